The molecule has 0 aromatic heterocycles. The van der Waals surface area contributed by atoms with Gasteiger partial charge in [-0.1, -0.05) is 6.07 Å². The quantitative estimate of drug-likeness (QED) is 0.766. The van der Waals surface area contributed by atoms with Gasteiger partial charge in [0.25, 0.3) is 11.8 Å². The Bertz CT molecular complexity index is 600. The average molecular weight is 291 g/mol. The third-order valence-electron chi connectivity index (χ3n) is 3.00. The molecule has 1 aromatic carbocycles. The van der Waals surface area contributed by atoms with Gasteiger partial charge in [-0.15, -0.1) is 0 Å². The summed E-state index contributed by atoms with van der Waals surface area (Å²) < 4.78 is 5.52. The molecule has 3 amide bonds. The average Bonchev–Trinajstić information content (AvgIpc) is 2.42. The van der Waals surface area contributed by atoms with E-state index >= 15 is 0 Å². The fourth-order valence-corrected chi connectivity index (χ4v) is 2.02. The maximum atomic E-state index is 12.2. The number of nitrogens with one attached hydrogen (secondary N) is 2. The molecule has 1 aliphatic rings. The van der Waals surface area contributed by atoms with Gasteiger partial charge in [-0.25, -0.2) is 0 Å². The standard InChI is InChI=1S/C14H17N3O4/c1-8-4-5-12-11(6-8)17(14(20)9(2)21-12)7-13(19)16-15-10(3)18/h4-6,9H,7H2,1-3H3,(H,15,18)(H,16,19)/t9-/m1/s1. The molecule has 7 heteroatoms. The Balaban J connectivity index is 2.21. The number of ether oxygens (including phenoxy) is 1. The predicted molar refractivity (Wildman–Crippen MR) is 75.6 cm³/mol. The lowest BCUT2D eigenvalue weighted by Gasteiger charge is -2.32. The first kappa shape index (κ1) is 14.8. The molecular formula is C14H17N3O4. The summed E-state index contributed by atoms with van der Waals surface area (Å²) >= 11 is 0. The van der Waals surface area contributed by atoms with Gasteiger partial charge in [0.05, 0.1) is 5.69 Å². The Morgan fingerprint density at radius 3 is 2.71 bits per heavy atom. The Labute approximate surface area is 122 Å². The minimum atomic E-state index is -0.659. The number of carbonyl (C=O) groups is 3. The zero-order valence-electron chi connectivity index (χ0n) is 12.1. The second-order valence-corrected chi connectivity index (χ2v) is 4.89. The highest BCUT2D eigenvalue weighted by Gasteiger charge is 2.32. The highest BCUT2D eigenvalue weighted by molar-refractivity contribution is 6.03. The van der Waals surface area contributed by atoms with E-state index in [1.165, 1.54) is 11.8 Å². The fourth-order valence-electron chi connectivity index (χ4n) is 2.02. The van der Waals surface area contributed by atoms with Crippen LogP contribution in [0, 0.1) is 6.92 Å². The first-order chi connectivity index (χ1) is 9.88. The largest absolute Gasteiger partial charge is 0.479 e. The number of rotatable bonds is 2. The molecule has 0 spiro atoms. The molecule has 112 valence electrons. The van der Waals surface area contributed by atoms with E-state index in [0.717, 1.165) is 5.56 Å². The summed E-state index contributed by atoms with van der Waals surface area (Å²) in [6.45, 7) is 4.60. The van der Waals surface area contributed by atoms with Crippen LogP contribution in [0.2, 0.25) is 0 Å². The molecule has 1 aliphatic heterocycles. The van der Waals surface area contributed by atoms with E-state index < -0.39 is 12.0 Å². The van der Waals surface area contributed by atoms with Crippen molar-refractivity contribution in [3.05, 3.63) is 23.8 Å². The first-order valence-electron chi connectivity index (χ1n) is 6.52. The SMILES string of the molecule is CC(=O)NNC(=O)CN1C(=O)[C@@H](C)Oc2ccc(C)cc21. The molecule has 0 radical (unpaired) electrons. The topological polar surface area (TPSA) is 87.7 Å². The maximum Gasteiger partial charge on any atom is 0.268 e. The summed E-state index contributed by atoms with van der Waals surface area (Å²) in [5.74, 6) is -0.618. The summed E-state index contributed by atoms with van der Waals surface area (Å²) in [7, 11) is 0. The second kappa shape index (κ2) is 5.82. The number of hydrazine groups is 1. The highest BCUT2D eigenvalue weighted by Crippen LogP contribution is 2.34. The van der Waals surface area contributed by atoms with Crippen LogP contribution in [0.15, 0.2) is 18.2 Å². The molecule has 7 nitrogen and oxygen atoms in total. The molecule has 1 aromatic rings. The van der Waals surface area contributed by atoms with Gasteiger partial charge in [-0.05, 0) is 31.5 Å². The van der Waals surface area contributed by atoms with Crippen LogP contribution in [0.25, 0.3) is 0 Å². The fraction of sp³-hybridized carbons (Fsp3) is 0.357. The van der Waals surface area contributed by atoms with Gasteiger partial charge in [0.2, 0.25) is 5.91 Å². The molecule has 0 bridgehead atoms. The maximum absolute atomic E-state index is 12.2. The van der Waals surface area contributed by atoms with Crippen LogP contribution in [0.3, 0.4) is 0 Å². The van der Waals surface area contributed by atoms with E-state index in [0.29, 0.717) is 11.4 Å². The number of hydrogen-bond donors (Lipinski definition) is 2. The summed E-state index contributed by atoms with van der Waals surface area (Å²) in [4.78, 5) is 36.1. The van der Waals surface area contributed by atoms with E-state index in [-0.39, 0.29) is 18.4 Å². The minimum Gasteiger partial charge on any atom is -0.479 e. The summed E-state index contributed by atoms with van der Waals surface area (Å²) in [5, 5.41) is 0. The van der Waals surface area contributed by atoms with Crippen molar-refractivity contribution in [2.75, 3.05) is 11.4 Å². The number of aryl methyl sites for hydroxylation is 1. The third-order valence-corrected chi connectivity index (χ3v) is 3.00. The molecule has 0 saturated carbocycles. The van der Waals surface area contributed by atoms with Crippen LogP contribution in [-0.2, 0) is 14.4 Å². The van der Waals surface area contributed by atoms with Gasteiger partial charge in [0.15, 0.2) is 6.10 Å². The molecule has 0 fully saturated rings. The van der Waals surface area contributed by atoms with Crippen LogP contribution in [-0.4, -0.2) is 30.4 Å². The van der Waals surface area contributed by atoms with Crippen molar-refractivity contribution in [3.8, 4) is 5.75 Å². The number of anilines is 1. The van der Waals surface area contributed by atoms with Gasteiger partial charge in [0.1, 0.15) is 12.3 Å². The van der Waals surface area contributed by atoms with E-state index in [1.54, 1.807) is 19.1 Å². The Morgan fingerprint density at radius 2 is 2.05 bits per heavy atom. The number of amides is 3. The lowest BCUT2D eigenvalue weighted by molar-refractivity contribution is -0.129. The molecule has 1 atom stereocenters. The van der Waals surface area contributed by atoms with Crippen LogP contribution >= 0.6 is 0 Å². The van der Waals surface area contributed by atoms with Gasteiger partial charge in [-0.3, -0.25) is 30.1 Å². The number of carbonyl (C=O) groups excluding carboxylic acids is 3. The highest BCUT2D eigenvalue weighted by atomic mass is 16.5. The summed E-state index contributed by atoms with van der Waals surface area (Å²) in [5.41, 5.74) is 5.93. The number of benzene rings is 1. The third kappa shape index (κ3) is 3.31. The van der Waals surface area contributed by atoms with Crippen LogP contribution < -0.4 is 20.5 Å². The Kier molecular flexibility index (Phi) is 4.11. The van der Waals surface area contributed by atoms with Gasteiger partial charge >= 0.3 is 0 Å². The second-order valence-electron chi connectivity index (χ2n) is 4.89. The minimum absolute atomic E-state index is 0.191. The molecule has 21 heavy (non-hydrogen) atoms. The lowest BCUT2D eigenvalue weighted by Crippen LogP contribution is -2.51. The number of nitrogens with zero attached hydrogens (tertiary/aromatic N) is 1. The van der Waals surface area contributed by atoms with E-state index in [2.05, 4.69) is 10.9 Å². The van der Waals surface area contributed by atoms with Crippen molar-refractivity contribution in [1.29, 1.82) is 0 Å². The Hall–Kier alpha value is -2.57. The van der Waals surface area contributed by atoms with E-state index in [9.17, 15) is 14.4 Å². The monoisotopic (exact) mass is 291 g/mol. The van der Waals surface area contributed by atoms with Crippen LogP contribution in [0.1, 0.15) is 19.4 Å². The summed E-state index contributed by atoms with van der Waals surface area (Å²) in [6.07, 6.45) is -0.659. The van der Waals surface area contributed by atoms with Crippen molar-refractivity contribution >= 4 is 23.4 Å². The van der Waals surface area contributed by atoms with Gasteiger partial charge < -0.3 is 4.74 Å². The molecule has 0 saturated heterocycles. The van der Waals surface area contributed by atoms with Crippen LogP contribution in [0.5, 0.6) is 5.75 Å². The van der Waals surface area contributed by atoms with Crippen molar-refractivity contribution < 1.29 is 19.1 Å². The number of fused-ring (bicyclic) bond motifs is 1. The number of hydrogen-bond acceptors (Lipinski definition) is 4. The van der Waals surface area contributed by atoms with E-state index in [4.69, 9.17) is 4.74 Å². The smallest absolute Gasteiger partial charge is 0.268 e. The first-order valence-corrected chi connectivity index (χ1v) is 6.52. The molecule has 0 aliphatic carbocycles. The molecule has 1 heterocycles. The molecule has 2 N–H and O–H groups in total. The van der Waals surface area contributed by atoms with Crippen molar-refractivity contribution in [1.82, 2.24) is 10.9 Å². The van der Waals surface area contributed by atoms with Gasteiger partial charge in [-0.2, -0.15) is 0 Å². The summed E-state index contributed by atoms with van der Waals surface area (Å²) in [6, 6.07) is 5.42. The zero-order chi connectivity index (χ0) is 15.6. The molecular weight excluding hydrogens is 274 g/mol. The van der Waals surface area contributed by atoms with Crippen LogP contribution in [0.4, 0.5) is 5.69 Å². The molecule has 0 unspecified atom stereocenters. The van der Waals surface area contributed by atoms with Crippen molar-refractivity contribution in [2.45, 2.75) is 26.9 Å². The Morgan fingerprint density at radius 1 is 1.33 bits per heavy atom. The normalized spacial score (nSPS) is 16.8. The van der Waals surface area contributed by atoms with E-state index in [1.807, 2.05) is 13.0 Å². The predicted octanol–water partition coefficient (Wildman–Crippen LogP) is 0.276. The zero-order valence-corrected chi connectivity index (χ0v) is 12.1. The van der Waals surface area contributed by atoms with Crippen molar-refractivity contribution in [3.63, 3.8) is 0 Å². The van der Waals surface area contributed by atoms with Gasteiger partial charge in [0, 0.05) is 6.92 Å². The van der Waals surface area contributed by atoms with Crippen molar-refractivity contribution in [2.24, 2.45) is 0 Å². The lowest BCUT2D eigenvalue weighted by atomic mass is 10.1. The molecule has 2 rings (SSSR count).